The molecule has 2 amide bonds. The molecule has 13 nitrogen and oxygen atoms in total. The summed E-state index contributed by atoms with van der Waals surface area (Å²) in [6, 6.07) is 15.2. The second-order valence-corrected chi connectivity index (χ2v) is 10.1. The molecular formula is C30H27N3O10. The van der Waals surface area contributed by atoms with Crippen LogP contribution in [0.5, 0.6) is 11.5 Å². The molecule has 13 heteroatoms. The number of benzene rings is 3. The summed E-state index contributed by atoms with van der Waals surface area (Å²) in [6.07, 6.45) is -0.197. The Bertz CT molecular complexity index is 1640. The van der Waals surface area contributed by atoms with Gasteiger partial charge < -0.3 is 19.3 Å². The normalized spacial score (nSPS) is 22.7. The fraction of sp³-hybridized carbons (Fsp3) is 0.267. The van der Waals surface area contributed by atoms with E-state index in [4.69, 9.17) is 14.2 Å². The van der Waals surface area contributed by atoms with Gasteiger partial charge in [-0.3, -0.25) is 29.8 Å². The number of amides is 2. The number of hydrogen-bond acceptors (Lipinski definition) is 10. The number of esters is 1. The summed E-state index contributed by atoms with van der Waals surface area (Å²) in [5.41, 5.74) is -1.85. The number of non-ortho nitro benzene ring substituents is 1. The first-order valence-electron chi connectivity index (χ1n) is 13.1. The number of nitrogens with one attached hydrogen (secondary N) is 1. The van der Waals surface area contributed by atoms with Gasteiger partial charge in [0.2, 0.25) is 11.8 Å². The maximum atomic E-state index is 14.2. The number of nitrogens with zero attached hydrogens (tertiary/aromatic N) is 2. The fourth-order valence-corrected chi connectivity index (χ4v) is 6.08. The Balaban J connectivity index is 1.76. The number of methoxy groups -OCH3 is 3. The maximum Gasteiger partial charge on any atom is 0.341 e. The Morgan fingerprint density at radius 2 is 1.72 bits per heavy atom. The van der Waals surface area contributed by atoms with Crippen LogP contribution >= 0.6 is 0 Å². The lowest BCUT2D eigenvalue weighted by molar-refractivity contribution is -0.384. The van der Waals surface area contributed by atoms with E-state index in [1.807, 2.05) is 0 Å². The van der Waals surface area contributed by atoms with E-state index in [2.05, 4.69) is 5.32 Å². The largest absolute Gasteiger partial charge is 0.497 e. The molecule has 3 aromatic rings. The number of hydrogen-bond donors (Lipinski definition) is 2. The summed E-state index contributed by atoms with van der Waals surface area (Å²) >= 11 is 0. The molecular weight excluding hydrogens is 562 g/mol. The average Bonchev–Trinajstić information content (AvgIpc) is 3.49. The number of nitro groups is 1. The number of anilines is 1. The molecule has 2 N–H and O–H groups in total. The van der Waals surface area contributed by atoms with Gasteiger partial charge in [0.05, 0.1) is 43.8 Å². The van der Waals surface area contributed by atoms with E-state index in [9.17, 15) is 34.4 Å². The molecule has 0 spiro atoms. The molecule has 0 aliphatic carbocycles. The maximum absolute atomic E-state index is 14.2. The molecule has 2 aliphatic heterocycles. The molecule has 5 rings (SSSR count). The second-order valence-electron chi connectivity index (χ2n) is 10.1. The molecule has 4 unspecified atom stereocenters. The molecule has 0 radical (unpaired) electrons. The third-order valence-corrected chi connectivity index (χ3v) is 7.95. The summed E-state index contributed by atoms with van der Waals surface area (Å²) in [4.78, 5) is 66.3. The van der Waals surface area contributed by atoms with Gasteiger partial charge in [-0.25, -0.2) is 9.69 Å². The van der Waals surface area contributed by atoms with E-state index in [0.717, 1.165) is 18.1 Å². The summed E-state index contributed by atoms with van der Waals surface area (Å²) < 4.78 is 15.8. The highest BCUT2D eigenvalue weighted by Gasteiger charge is 2.69. The van der Waals surface area contributed by atoms with E-state index in [0.29, 0.717) is 5.56 Å². The average molecular weight is 590 g/mol. The summed E-state index contributed by atoms with van der Waals surface area (Å²) in [5.74, 6) is -6.39. The van der Waals surface area contributed by atoms with Crippen LogP contribution in [0.15, 0.2) is 66.7 Å². The topological polar surface area (TPSA) is 175 Å². The van der Waals surface area contributed by atoms with Crippen molar-refractivity contribution < 1.29 is 43.4 Å². The lowest BCUT2D eigenvalue weighted by Gasteiger charge is -2.31. The first kappa shape index (κ1) is 29.2. The monoisotopic (exact) mass is 589 g/mol. The van der Waals surface area contributed by atoms with Crippen molar-refractivity contribution in [2.24, 2.45) is 11.8 Å². The van der Waals surface area contributed by atoms with Crippen molar-refractivity contribution in [3.63, 3.8) is 0 Å². The number of fused-ring (bicyclic) bond motifs is 1. The molecule has 222 valence electrons. The van der Waals surface area contributed by atoms with Crippen LogP contribution in [0.4, 0.5) is 11.4 Å². The van der Waals surface area contributed by atoms with E-state index >= 15 is 0 Å². The number of ether oxygens (including phenoxy) is 3. The third-order valence-electron chi connectivity index (χ3n) is 7.95. The lowest BCUT2D eigenvalue weighted by atomic mass is 9.76. The molecule has 0 bridgehead atoms. The molecule has 43 heavy (non-hydrogen) atoms. The van der Waals surface area contributed by atoms with E-state index < -0.39 is 52.1 Å². The standard InChI is InChI=1S/C30H27N3O10/c1-41-19-13-20(22(28(36)43-3)21(14-19)42-2)25-23-24(30(31-25,29(37)38)15-16-8-5-4-6-9-16)27(35)32(26(23)34)17-10-7-11-18(12-17)33(39)40/h4-14,23-25,31H,15H2,1-3H3,(H,37,38). The van der Waals surface area contributed by atoms with Gasteiger partial charge in [0, 0.05) is 30.7 Å². The quantitative estimate of drug-likeness (QED) is 0.162. The van der Waals surface area contributed by atoms with Crippen molar-refractivity contribution in [3.8, 4) is 11.5 Å². The highest BCUT2D eigenvalue weighted by molar-refractivity contribution is 6.24. The predicted molar refractivity (Wildman–Crippen MR) is 150 cm³/mol. The molecule has 2 heterocycles. The lowest BCUT2D eigenvalue weighted by Crippen LogP contribution is -2.57. The number of carboxylic acid groups (broad SMARTS) is 1. The molecule has 0 saturated carbocycles. The van der Waals surface area contributed by atoms with Crippen LogP contribution in [-0.2, 0) is 25.5 Å². The van der Waals surface area contributed by atoms with Crippen LogP contribution in [0.2, 0.25) is 0 Å². The van der Waals surface area contributed by atoms with Crippen molar-refractivity contribution in [3.05, 3.63) is 93.5 Å². The zero-order valence-electron chi connectivity index (χ0n) is 23.3. The van der Waals surface area contributed by atoms with Gasteiger partial charge in [0.25, 0.3) is 5.69 Å². The number of nitro benzene ring substituents is 1. The highest BCUT2D eigenvalue weighted by atomic mass is 16.6. The fourth-order valence-electron chi connectivity index (χ4n) is 6.08. The molecule has 2 saturated heterocycles. The Kier molecular flexibility index (Phi) is 7.59. The van der Waals surface area contributed by atoms with Gasteiger partial charge in [-0.05, 0) is 23.3 Å². The van der Waals surface area contributed by atoms with Crippen molar-refractivity contribution in [1.29, 1.82) is 0 Å². The zero-order chi connectivity index (χ0) is 31.1. The summed E-state index contributed by atoms with van der Waals surface area (Å²) in [6.45, 7) is 0. The van der Waals surface area contributed by atoms with Crippen LogP contribution in [0.1, 0.15) is 27.5 Å². The van der Waals surface area contributed by atoms with Crippen LogP contribution < -0.4 is 19.7 Å². The molecule has 4 atom stereocenters. The molecule has 3 aromatic carbocycles. The van der Waals surface area contributed by atoms with Crippen molar-refractivity contribution in [1.82, 2.24) is 5.32 Å². The Morgan fingerprint density at radius 1 is 1.00 bits per heavy atom. The van der Waals surface area contributed by atoms with E-state index in [1.165, 1.54) is 44.6 Å². The molecule has 2 fully saturated rings. The second kappa shape index (κ2) is 11.2. The number of carbonyl (C=O) groups excluding carboxylic acids is 3. The first-order valence-corrected chi connectivity index (χ1v) is 13.1. The van der Waals surface area contributed by atoms with Crippen LogP contribution in [-0.4, -0.2) is 60.7 Å². The van der Waals surface area contributed by atoms with Gasteiger partial charge in [-0.2, -0.15) is 0 Å². The number of rotatable bonds is 9. The minimum atomic E-state index is -2.03. The smallest absolute Gasteiger partial charge is 0.341 e. The molecule has 2 aliphatic rings. The summed E-state index contributed by atoms with van der Waals surface area (Å²) in [5, 5.41) is 25.3. The number of carbonyl (C=O) groups is 4. The number of aliphatic carboxylic acids is 1. The van der Waals surface area contributed by atoms with Crippen LogP contribution in [0.3, 0.4) is 0 Å². The van der Waals surface area contributed by atoms with Crippen LogP contribution in [0, 0.1) is 22.0 Å². The number of imide groups is 1. The van der Waals surface area contributed by atoms with Gasteiger partial charge in [0.15, 0.2) is 0 Å². The minimum Gasteiger partial charge on any atom is -0.497 e. The van der Waals surface area contributed by atoms with Crippen LogP contribution in [0.25, 0.3) is 0 Å². The number of carboxylic acids is 1. The van der Waals surface area contributed by atoms with E-state index in [-0.39, 0.29) is 40.4 Å². The minimum absolute atomic E-state index is 0.0442. The van der Waals surface area contributed by atoms with Gasteiger partial charge in [-0.1, -0.05) is 36.4 Å². The third kappa shape index (κ3) is 4.73. The highest BCUT2D eigenvalue weighted by Crippen LogP contribution is 2.52. The summed E-state index contributed by atoms with van der Waals surface area (Å²) in [7, 11) is 3.86. The Morgan fingerprint density at radius 3 is 2.33 bits per heavy atom. The SMILES string of the molecule is COC(=O)c1c(OC)cc(OC)cc1C1NC(Cc2ccccc2)(C(=O)O)C2C(=O)N(c3cccc([N+](=O)[O-])c3)C(=O)C12. The Hall–Kier alpha value is -5.30. The van der Waals surface area contributed by atoms with Gasteiger partial charge in [-0.15, -0.1) is 0 Å². The van der Waals surface area contributed by atoms with E-state index in [1.54, 1.807) is 30.3 Å². The van der Waals surface area contributed by atoms with Gasteiger partial charge in [0.1, 0.15) is 22.6 Å². The molecule has 0 aromatic heterocycles. The van der Waals surface area contributed by atoms with Gasteiger partial charge >= 0.3 is 11.9 Å². The van der Waals surface area contributed by atoms with Crippen molar-refractivity contribution in [2.45, 2.75) is 18.0 Å². The van der Waals surface area contributed by atoms with Crippen molar-refractivity contribution >= 4 is 35.1 Å². The van der Waals surface area contributed by atoms with Crippen molar-refractivity contribution in [2.75, 3.05) is 26.2 Å². The Labute approximate surface area is 245 Å². The first-order chi connectivity index (χ1) is 20.6. The predicted octanol–water partition coefficient (Wildman–Crippen LogP) is 2.91. The zero-order valence-corrected chi connectivity index (χ0v) is 23.3.